The van der Waals surface area contributed by atoms with Crippen molar-refractivity contribution in [1.29, 1.82) is 0 Å². The van der Waals surface area contributed by atoms with Crippen LogP contribution in [0, 0.1) is 17.8 Å². The third-order valence-electron chi connectivity index (χ3n) is 6.49. The lowest BCUT2D eigenvalue weighted by Gasteiger charge is -2.57. The first-order chi connectivity index (χ1) is 11.7. The second-order valence-electron chi connectivity index (χ2n) is 8.60. The summed E-state index contributed by atoms with van der Waals surface area (Å²) in [5.41, 5.74) is 8.68. The van der Waals surface area contributed by atoms with Crippen molar-refractivity contribution >= 4 is 5.69 Å². The Kier molecular flexibility index (Phi) is 4.46. The topological polar surface area (TPSA) is 47.3 Å². The van der Waals surface area contributed by atoms with Crippen molar-refractivity contribution in [2.75, 3.05) is 18.9 Å². The third-order valence-corrected chi connectivity index (χ3v) is 6.49. The molecule has 24 heavy (non-hydrogen) atoms. The van der Waals surface area contributed by atoms with E-state index in [9.17, 15) is 0 Å². The van der Waals surface area contributed by atoms with Crippen LogP contribution in [0.1, 0.15) is 57.4 Å². The van der Waals surface area contributed by atoms with E-state index in [0.29, 0.717) is 5.54 Å². The minimum absolute atomic E-state index is 0.463. The number of hydrogen-bond donors (Lipinski definition) is 2. The number of nitrogen functional groups attached to an aromatic ring is 1. The molecule has 4 aliphatic carbocycles. The van der Waals surface area contributed by atoms with Crippen LogP contribution in [-0.2, 0) is 6.42 Å². The molecule has 3 nitrogen and oxygen atoms in total. The summed E-state index contributed by atoms with van der Waals surface area (Å²) in [6.07, 6.45) is 10.9. The first kappa shape index (κ1) is 16.3. The quantitative estimate of drug-likeness (QED) is 0.739. The first-order valence-corrected chi connectivity index (χ1v) is 9.92. The first-order valence-electron chi connectivity index (χ1n) is 9.92. The van der Waals surface area contributed by atoms with Gasteiger partial charge in [0.2, 0.25) is 0 Å². The molecule has 0 heterocycles. The van der Waals surface area contributed by atoms with Gasteiger partial charge in [-0.2, -0.15) is 0 Å². The monoisotopic (exact) mass is 328 g/mol. The molecule has 0 saturated heterocycles. The van der Waals surface area contributed by atoms with Crippen LogP contribution in [0.2, 0.25) is 0 Å². The Morgan fingerprint density at radius 1 is 1.12 bits per heavy atom. The summed E-state index contributed by atoms with van der Waals surface area (Å²) in [5.74, 6) is 3.85. The molecule has 0 unspecified atom stereocenters. The summed E-state index contributed by atoms with van der Waals surface area (Å²) in [6, 6.07) is 6.29. The van der Waals surface area contributed by atoms with Crippen molar-refractivity contribution in [2.24, 2.45) is 17.8 Å². The van der Waals surface area contributed by atoms with Crippen LogP contribution in [0.25, 0.3) is 0 Å². The Balaban J connectivity index is 1.32. The molecule has 4 saturated carbocycles. The molecule has 0 atom stereocenters. The Morgan fingerprint density at radius 2 is 1.79 bits per heavy atom. The fraction of sp³-hybridized carbons (Fsp3) is 0.714. The Hall–Kier alpha value is -1.22. The second kappa shape index (κ2) is 6.59. The van der Waals surface area contributed by atoms with Crippen molar-refractivity contribution in [3.05, 3.63) is 23.8 Å². The summed E-state index contributed by atoms with van der Waals surface area (Å²) < 4.78 is 5.67. The Labute approximate surface area is 146 Å². The van der Waals surface area contributed by atoms with Gasteiger partial charge in [-0.3, -0.25) is 0 Å². The second-order valence-corrected chi connectivity index (χ2v) is 8.60. The van der Waals surface area contributed by atoms with E-state index in [2.05, 4.69) is 24.4 Å². The van der Waals surface area contributed by atoms with E-state index in [4.69, 9.17) is 10.5 Å². The van der Waals surface area contributed by atoms with Crippen LogP contribution >= 0.6 is 0 Å². The standard InChI is InChI=1S/C21H32N2O/c1-2-7-24-20-4-3-15(11-19(20)22)5-6-23-21-12-16-8-17(13-21)10-18(9-16)14-21/h3-4,11,16-18,23H,2,5-10,12-14,22H2,1H3. The van der Waals surface area contributed by atoms with Gasteiger partial charge in [0.25, 0.3) is 0 Å². The van der Waals surface area contributed by atoms with Crippen molar-refractivity contribution in [3.63, 3.8) is 0 Å². The van der Waals surface area contributed by atoms with Crippen molar-refractivity contribution < 1.29 is 4.74 Å². The highest BCUT2D eigenvalue weighted by molar-refractivity contribution is 5.54. The smallest absolute Gasteiger partial charge is 0.142 e. The maximum Gasteiger partial charge on any atom is 0.142 e. The largest absolute Gasteiger partial charge is 0.491 e. The molecule has 0 aromatic heterocycles. The van der Waals surface area contributed by atoms with Gasteiger partial charge in [-0.05, 0) is 93.4 Å². The minimum atomic E-state index is 0.463. The molecule has 1 aromatic rings. The van der Waals surface area contributed by atoms with Crippen LogP contribution < -0.4 is 15.8 Å². The number of nitrogens with one attached hydrogen (secondary N) is 1. The molecule has 5 rings (SSSR count). The number of hydrogen-bond acceptors (Lipinski definition) is 3. The zero-order valence-electron chi connectivity index (χ0n) is 15.0. The number of benzene rings is 1. The SMILES string of the molecule is CCCOc1ccc(CCNC23CC4CC(CC(C4)C2)C3)cc1N. The zero-order chi connectivity index (χ0) is 16.6. The number of rotatable bonds is 7. The maximum atomic E-state index is 6.13. The highest BCUT2D eigenvalue weighted by Gasteiger charge is 2.50. The normalized spacial score (nSPS) is 33.8. The summed E-state index contributed by atoms with van der Waals surface area (Å²) in [7, 11) is 0. The van der Waals surface area contributed by atoms with Gasteiger partial charge in [0, 0.05) is 5.54 Å². The molecule has 0 spiro atoms. The molecule has 4 bridgehead atoms. The van der Waals surface area contributed by atoms with E-state index >= 15 is 0 Å². The summed E-state index contributed by atoms with van der Waals surface area (Å²) >= 11 is 0. The average Bonchev–Trinajstić information content (AvgIpc) is 2.52. The van der Waals surface area contributed by atoms with Crippen molar-refractivity contribution in [2.45, 2.75) is 63.8 Å². The van der Waals surface area contributed by atoms with Crippen LogP contribution in [0.3, 0.4) is 0 Å². The summed E-state index contributed by atoms with van der Waals surface area (Å²) in [6.45, 7) is 3.92. The Morgan fingerprint density at radius 3 is 2.38 bits per heavy atom. The molecule has 4 fully saturated rings. The fourth-order valence-corrected chi connectivity index (χ4v) is 5.90. The van der Waals surface area contributed by atoms with Crippen LogP contribution in [0.4, 0.5) is 5.69 Å². The molecular formula is C21H32N2O. The molecule has 1 aromatic carbocycles. The number of ether oxygens (including phenoxy) is 1. The lowest BCUT2D eigenvalue weighted by molar-refractivity contribution is -0.0192. The van der Waals surface area contributed by atoms with Crippen LogP contribution in [-0.4, -0.2) is 18.7 Å². The fourth-order valence-electron chi connectivity index (χ4n) is 5.90. The predicted molar refractivity (Wildman–Crippen MR) is 99.3 cm³/mol. The van der Waals surface area contributed by atoms with E-state index in [1.54, 1.807) is 0 Å². The summed E-state index contributed by atoms with van der Waals surface area (Å²) in [4.78, 5) is 0. The lowest BCUT2D eigenvalue weighted by atomic mass is 9.53. The van der Waals surface area contributed by atoms with E-state index in [0.717, 1.165) is 55.2 Å². The zero-order valence-corrected chi connectivity index (χ0v) is 15.0. The van der Waals surface area contributed by atoms with Gasteiger partial charge in [-0.25, -0.2) is 0 Å². The lowest BCUT2D eigenvalue weighted by Crippen LogP contribution is -2.58. The van der Waals surface area contributed by atoms with Gasteiger partial charge in [0.15, 0.2) is 0 Å². The minimum Gasteiger partial charge on any atom is -0.491 e. The van der Waals surface area contributed by atoms with Crippen LogP contribution in [0.5, 0.6) is 5.75 Å². The molecule has 132 valence electrons. The van der Waals surface area contributed by atoms with Gasteiger partial charge < -0.3 is 15.8 Å². The molecular weight excluding hydrogens is 296 g/mol. The van der Waals surface area contributed by atoms with E-state index < -0.39 is 0 Å². The van der Waals surface area contributed by atoms with Crippen LogP contribution in [0.15, 0.2) is 18.2 Å². The molecule has 3 heteroatoms. The summed E-state index contributed by atoms with van der Waals surface area (Å²) in [5, 5.41) is 3.97. The average molecular weight is 329 g/mol. The van der Waals surface area contributed by atoms with Gasteiger partial charge in [0.05, 0.1) is 12.3 Å². The number of nitrogens with two attached hydrogens (primary N) is 1. The molecule has 4 aliphatic rings. The van der Waals surface area contributed by atoms with Gasteiger partial charge in [0.1, 0.15) is 5.75 Å². The molecule has 0 aliphatic heterocycles. The molecule has 3 N–H and O–H groups in total. The van der Waals surface area contributed by atoms with E-state index in [1.807, 2.05) is 6.07 Å². The van der Waals surface area contributed by atoms with Gasteiger partial charge in [-0.1, -0.05) is 13.0 Å². The molecule has 0 radical (unpaired) electrons. The van der Waals surface area contributed by atoms with Crippen molar-refractivity contribution in [3.8, 4) is 5.75 Å². The third kappa shape index (κ3) is 3.28. The van der Waals surface area contributed by atoms with E-state index in [1.165, 1.54) is 44.1 Å². The highest BCUT2D eigenvalue weighted by atomic mass is 16.5. The number of anilines is 1. The van der Waals surface area contributed by atoms with E-state index in [-0.39, 0.29) is 0 Å². The van der Waals surface area contributed by atoms with Gasteiger partial charge >= 0.3 is 0 Å². The maximum absolute atomic E-state index is 6.13. The van der Waals surface area contributed by atoms with Gasteiger partial charge in [-0.15, -0.1) is 0 Å². The highest BCUT2D eigenvalue weighted by Crippen LogP contribution is 2.55. The Bertz CT molecular complexity index is 548. The molecule has 0 amide bonds. The predicted octanol–water partition coefficient (Wildman–Crippen LogP) is 4.16. The van der Waals surface area contributed by atoms with Crippen molar-refractivity contribution in [1.82, 2.24) is 5.32 Å².